The van der Waals surface area contributed by atoms with Crippen molar-refractivity contribution in [1.82, 2.24) is 0 Å². The lowest BCUT2D eigenvalue weighted by Gasteiger charge is -2.29. The van der Waals surface area contributed by atoms with E-state index in [2.05, 4.69) is 6.92 Å². The van der Waals surface area contributed by atoms with Crippen LogP contribution in [0.1, 0.15) is 46.0 Å². The van der Waals surface area contributed by atoms with Gasteiger partial charge in [-0.15, -0.1) is 0 Å². The largest absolute Gasteiger partial charge is 0.390 e. The van der Waals surface area contributed by atoms with Crippen LogP contribution in [0.5, 0.6) is 0 Å². The number of nitrogens with two attached hydrogens (primary N) is 2. The van der Waals surface area contributed by atoms with E-state index in [-0.39, 0.29) is 0 Å². The maximum absolute atomic E-state index is 9.44. The van der Waals surface area contributed by atoms with Crippen LogP contribution in [-0.2, 0) is 0 Å². The number of aliphatic hydroxyl groups excluding tert-OH is 1. The van der Waals surface area contributed by atoms with Gasteiger partial charge in [-0.25, -0.2) is 0 Å². The van der Waals surface area contributed by atoms with E-state index in [0.717, 1.165) is 19.3 Å². The third-order valence-electron chi connectivity index (χ3n) is 2.22. The summed E-state index contributed by atoms with van der Waals surface area (Å²) in [7, 11) is 0. The third kappa shape index (κ3) is 4.04. The van der Waals surface area contributed by atoms with Gasteiger partial charge in [0.05, 0.1) is 11.8 Å². The summed E-state index contributed by atoms with van der Waals surface area (Å²) in [4.78, 5) is 0. The molecular formula is C9H22N2O. The molecule has 1 unspecified atom stereocenters. The highest BCUT2D eigenvalue weighted by Gasteiger charge is 2.26. The Morgan fingerprint density at radius 3 is 2.25 bits per heavy atom. The Morgan fingerprint density at radius 2 is 1.83 bits per heavy atom. The zero-order valence-corrected chi connectivity index (χ0v) is 8.21. The van der Waals surface area contributed by atoms with Crippen molar-refractivity contribution in [1.29, 1.82) is 0 Å². The molecule has 0 aromatic heterocycles. The summed E-state index contributed by atoms with van der Waals surface area (Å²) in [6.07, 6.45) is 4.04. The fourth-order valence-electron chi connectivity index (χ4n) is 1.23. The molecule has 0 bridgehead atoms. The lowest BCUT2D eigenvalue weighted by Crippen LogP contribution is -2.58. The van der Waals surface area contributed by atoms with Crippen LogP contribution >= 0.6 is 0 Å². The fraction of sp³-hybridized carbons (Fsp3) is 1.00. The first-order valence-electron chi connectivity index (χ1n) is 4.80. The molecule has 0 heterocycles. The van der Waals surface area contributed by atoms with Gasteiger partial charge in [-0.05, 0) is 12.8 Å². The van der Waals surface area contributed by atoms with Gasteiger partial charge >= 0.3 is 0 Å². The summed E-state index contributed by atoms with van der Waals surface area (Å²) in [6, 6.07) is 0. The van der Waals surface area contributed by atoms with Crippen molar-refractivity contribution in [3.63, 3.8) is 0 Å². The van der Waals surface area contributed by atoms with E-state index < -0.39 is 11.8 Å². The van der Waals surface area contributed by atoms with Gasteiger partial charge in [-0.3, -0.25) is 0 Å². The van der Waals surface area contributed by atoms with E-state index in [1.807, 2.05) is 6.92 Å². The molecule has 0 rings (SSSR count). The van der Waals surface area contributed by atoms with Crippen LogP contribution in [0.25, 0.3) is 0 Å². The summed E-state index contributed by atoms with van der Waals surface area (Å²) in [5.41, 5.74) is 10.6. The summed E-state index contributed by atoms with van der Waals surface area (Å²) < 4.78 is 0. The second kappa shape index (κ2) is 5.51. The quantitative estimate of drug-likeness (QED) is 0.414. The lowest BCUT2D eigenvalue weighted by atomic mass is 9.96. The molecule has 12 heavy (non-hydrogen) atoms. The smallest absolute Gasteiger partial charge is 0.0903 e. The minimum Gasteiger partial charge on any atom is -0.390 e. The van der Waals surface area contributed by atoms with Crippen molar-refractivity contribution >= 4 is 0 Å². The Balaban J connectivity index is 3.70. The van der Waals surface area contributed by atoms with E-state index in [4.69, 9.17) is 11.5 Å². The molecule has 0 saturated carbocycles. The molecule has 0 aromatic carbocycles. The molecule has 0 radical (unpaired) electrons. The first-order valence-corrected chi connectivity index (χ1v) is 4.80. The van der Waals surface area contributed by atoms with Crippen molar-refractivity contribution in [2.45, 2.75) is 57.7 Å². The predicted molar refractivity (Wildman–Crippen MR) is 51.5 cm³/mol. The first-order chi connectivity index (χ1) is 5.54. The van der Waals surface area contributed by atoms with Crippen molar-refractivity contribution in [2.24, 2.45) is 11.5 Å². The number of hydrogen-bond acceptors (Lipinski definition) is 3. The number of rotatable bonds is 6. The van der Waals surface area contributed by atoms with Gasteiger partial charge in [0.15, 0.2) is 0 Å². The number of aliphatic hydroxyl groups is 1. The maximum atomic E-state index is 9.44. The van der Waals surface area contributed by atoms with Gasteiger partial charge in [0.2, 0.25) is 0 Å². The summed E-state index contributed by atoms with van der Waals surface area (Å²) in [5.74, 6) is 0. The topological polar surface area (TPSA) is 72.3 Å². The van der Waals surface area contributed by atoms with E-state index in [1.165, 1.54) is 0 Å². The Labute approximate surface area is 75.1 Å². The van der Waals surface area contributed by atoms with Crippen molar-refractivity contribution in [3.05, 3.63) is 0 Å². The zero-order chi connectivity index (χ0) is 9.61. The maximum Gasteiger partial charge on any atom is 0.0903 e. The first kappa shape index (κ1) is 11.9. The molecule has 0 aliphatic carbocycles. The summed E-state index contributed by atoms with van der Waals surface area (Å²) in [5, 5.41) is 9.44. The van der Waals surface area contributed by atoms with Gasteiger partial charge in [0.1, 0.15) is 0 Å². The van der Waals surface area contributed by atoms with Gasteiger partial charge < -0.3 is 16.6 Å². The standard InChI is InChI=1S/C9H22N2O/c1-3-5-6-7-9(10,11)8(12)4-2/h8,12H,3-7,10-11H2,1-2H3. The average Bonchev–Trinajstić information content (AvgIpc) is 2.03. The molecule has 74 valence electrons. The van der Waals surface area contributed by atoms with Crippen LogP contribution in [-0.4, -0.2) is 16.9 Å². The zero-order valence-electron chi connectivity index (χ0n) is 8.21. The molecule has 0 aromatic rings. The molecule has 0 amide bonds. The van der Waals surface area contributed by atoms with Gasteiger partial charge in [0, 0.05) is 0 Å². The average molecular weight is 174 g/mol. The molecule has 0 aliphatic heterocycles. The minimum absolute atomic E-state index is 0.575. The Kier molecular flexibility index (Phi) is 5.46. The molecule has 0 spiro atoms. The third-order valence-corrected chi connectivity index (χ3v) is 2.22. The van der Waals surface area contributed by atoms with E-state index in [1.54, 1.807) is 0 Å². The normalized spacial score (nSPS) is 14.8. The number of unbranched alkanes of at least 4 members (excludes halogenated alkanes) is 2. The molecule has 0 aliphatic rings. The Hall–Kier alpha value is -0.120. The van der Waals surface area contributed by atoms with Crippen molar-refractivity contribution in [2.75, 3.05) is 0 Å². The molecule has 3 heteroatoms. The summed E-state index contributed by atoms with van der Waals surface area (Å²) >= 11 is 0. The molecular weight excluding hydrogens is 152 g/mol. The van der Waals surface area contributed by atoms with Crippen molar-refractivity contribution < 1.29 is 5.11 Å². The second-order valence-corrected chi connectivity index (χ2v) is 3.49. The highest BCUT2D eigenvalue weighted by Crippen LogP contribution is 2.13. The Morgan fingerprint density at radius 1 is 1.25 bits per heavy atom. The van der Waals surface area contributed by atoms with Gasteiger partial charge in [-0.2, -0.15) is 0 Å². The summed E-state index contributed by atoms with van der Waals surface area (Å²) in [6.45, 7) is 4.02. The fourth-order valence-corrected chi connectivity index (χ4v) is 1.23. The Bertz CT molecular complexity index is 115. The highest BCUT2D eigenvalue weighted by atomic mass is 16.3. The van der Waals surface area contributed by atoms with Crippen LogP contribution < -0.4 is 11.5 Å². The van der Waals surface area contributed by atoms with Crippen molar-refractivity contribution in [3.8, 4) is 0 Å². The molecule has 5 N–H and O–H groups in total. The lowest BCUT2D eigenvalue weighted by molar-refractivity contribution is 0.0764. The van der Waals surface area contributed by atoms with Gasteiger partial charge in [-0.1, -0.05) is 33.1 Å². The molecule has 3 nitrogen and oxygen atoms in total. The van der Waals surface area contributed by atoms with Crippen LogP contribution in [0.2, 0.25) is 0 Å². The molecule has 0 saturated heterocycles. The van der Waals surface area contributed by atoms with Crippen LogP contribution in [0.3, 0.4) is 0 Å². The molecule has 0 fully saturated rings. The van der Waals surface area contributed by atoms with Crippen LogP contribution in [0.15, 0.2) is 0 Å². The van der Waals surface area contributed by atoms with Crippen LogP contribution in [0, 0.1) is 0 Å². The SMILES string of the molecule is CCCCCC(N)(N)C(O)CC. The van der Waals surface area contributed by atoms with E-state index in [0.29, 0.717) is 12.8 Å². The highest BCUT2D eigenvalue weighted by molar-refractivity contribution is 4.84. The second-order valence-electron chi connectivity index (χ2n) is 3.49. The number of hydrogen-bond donors (Lipinski definition) is 3. The van der Waals surface area contributed by atoms with Crippen LogP contribution in [0.4, 0.5) is 0 Å². The minimum atomic E-state index is -0.885. The molecule has 1 atom stereocenters. The monoisotopic (exact) mass is 174 g/mol. The van der Waals surface area contributed by atoms with E-state index >= 15 is 0 Å². The van der Waals surface area contributed by atoms with Gasteiger partial charge in [0.25, 0.3) is 0 Å². The van der Waals surface area contributed by atoms with E-state index in [9.17, 15) is 5.11 Å². The predicted octanol–water partition coefficient (Wildman–Crippen LogP) is 0.951.